The number of amides is 1. The van der Waals surface area contributed by atoms with E-state index in [2.05, 4.69) is 13.2 Å². The van der Waals surface area contributed by atoms with E-state index in [0.717, 1.165) is 10.5 Å². The van der Waals surface area contributed by atoms with Crippen molar-refractivity contribution < 1.29 is 9.72 Å². The summed E-state index contributed by atoms with van der Waals surface area (Å²) in [7, 11) is 0. The molecule has 26 heavy (non-hydrogen) atoms. The molecule has 0 aliphatic carbocycles. The summed E-state index contributed by atoms with van der Waals surface area (Å²) < 4.78 is 0. The topological polar surface area (TPSA) is 63.5 Å². The monoisotopic (exact) mass is 368 g/mol. The van der Waals surface area contributed by atoms with Crippen LogP contribution in [0.5, 0.6) is 0 Å². The molecule has 6 heteroatoms. The number of carbonyl (C=O) groups is 1. The number of hydrogen-bond acceptors (Lipinski definition) is 4. The van der Waals surface area contributed by atoms with Gasteiger partial charge in [-0.2, -0.15) is 0 Å². The molecule has 0 N–H and O–H groups in total. The summed E-state index contributed by atoms with van der Waals surface area (Å²) >= 11 is 1.30. The number of hydrogen-bond donors (Lipinski definition) is 0. The van der Waals surface area contributed by atoms with Crippen LogP contribution in [0, 0.1) is 17.0 Å². The Morgan fingerprint density at radius 3 is 2.31 bits per heavy atom. The molecule has 5 nitrogen and oxygen atoms in total. The van der Waals surface area contributed by atoms with Crippen LogP contribution in [0.25, 0.3) is 0 Å². The molecule has 134 valence electrons. The van der Waals surface area contributed by atoms with Crippen molar-refractivity contribution in [2.45, 2.75) is 16.7 Å². The maximum absolute atomic E-state index is 12.6. The molecule has 0 unspecified atom stereocenters. The molecule has 0 aliphatic rings. The predicted octanol–water partition coefficient (Wildman–Crippen LogP) is 4.87. The van der Waals surface area contributed by atoms with Crippen LogP contribution in [-0.2, 0) is 0 Å². The van der Waals surface area contributed by atoms with Crippen LogP contribution >= 0.6 is 11.8 Å². The van der Waals surface area contributed by atoms with Crippen molar-refractivity contribution in [1.29, 1.82) is 0 Å². The average Bonchev–Trinajstić information content (AvgIpc) is 2.63. The van der Waals surface area contributed by atoms with E-state index in [4.69, 9.17) is 0 Å². The molecule has 0 bridgehead atoms. The van der Waals surface area contributed by atoms with Gasteiger partial charge >= 0.3 is 0 Å². The molecule has 0 heterocycles. The van der Waals surface area contributed by atoms with E-state index in [0.29, 0.717) is 18.0 Å². The largest absolute Gasteiger partial charge is 0.331 e. The van der Waals surface area contributed by atoms with Crippen molar-refractivity contribution in [3.8, 4) is 0 Å². The summed E-state index contributed by atoms with van der Waals surface area (Å²) in [6.45, 7) is 9.94. The maximum Gasteiger partial charge on any atom is 0.284 e. The highest BCUT2D eigenvalue weighted by Crippen LogP contribution is 2.35. The van der Waals surface area contributed by atoms with Gasteiger partial charge in [0.15, 0.2) is 0 Å². The molecule has 0 saturated heterocycles. The van der Waals surface area contributed by atoms with Crippen LogP contribution in [0.1, 0.15) is 15.9 Å². The lowest BCUT2D eigenvalue weighted by atomic mass is 10.1. The number of aryl methyl sites for hydroxylation is 1. The van der Waals surface area contributed by atoms with E-state index in [1.54, 1.807) is 24.3 Å². The Hall–Kier alpha value is -2.86. The second kappa shape index (κ2) is 9.01. The van der Waals surface area contributed by atoms with Gasteiger partial charge in [0.1, 0.15) is 0 Å². The SMILES string of the molecule is C=CCN(CC=C)C(=O)c1ccc(Sc2ccc(C)cc2)c([N+](=O)[O-])c1. The maximum atomic E-state index is 12.6. The van der Waals surface area contributed by atoms with Gasteiger partial charge in [0, 0.05) is 29.6 Å². The van der Waals surface area contributed by atoms with Crippen LogP contribution in [-0.4, -0.2) is 28.8 Å². The Morgan fingerprint density at radius 1 is 1.15 bits per heavy atom. The third kappa shape index (κ3) is 4.83. The van der Waals surface area contributed by atoms with E-state index < -0.39 is 4.92 Å². The van der Waals surface area contributed by atoms with Crippen molar-refractivity contribution in [3.63, 3.8) is 0 Å². The van der Waals surface area contributed by atoms with Gasteiger partial charge in [-0.3, -0.25) is 14.9 Å². The molecule has 0 aliphatic heterocycles. The van der Waals surface area contributed by atoms with Gasteiger partial charge in [0.25, 0.3) is 11.6 Å². The Morgan fingerprint density at radius 2 is 1.77 bits per heavy atom. The molecule has 0 saturated carbocycles. The zero-order valence-corrected chi connectivity index (χ0v) is 15.4. The minimum atomic E-state index is -0.460. The molecule has 0 aromatic heterocycles. The highest BCUT2D eigenvalue weighted by atomic mass is 32.2. The van der Waals surface area contributed by atoms with Gasteiger partial charge in [0.05, 0.1) is 9.82 Å². The predicted molar refractivity (Wildman–Crippen MR) is 105 cm³/mol. The quantitative estimate of drug-likeness (QED) is 0.379. The number of benzene rings is 2. The minimum absolute atomic E-state index is 0.0846. The molecule has 0 spiro atoms. The molecule has 2 rings (SSSR count). The van der Waals surface area contributed by atoms with Crippen molar-refractivity contribution in [1.82, 2.24) is 4.90 Å². The number of nitro benzene ring substituents is 1. The van der Waals surface area contributed by atoms with Gasteiger partial charge in [-0.25, -0.2) is 0 Å². The van der Waals surface area contributed by atoms with Crippen LogP contribution < -0.4 is 0 Å². The first-order valence-corrected chi connectivity index (χ1v) is 8.82. The summed E-state index contributed by atoms with van der Waals surface area (Å²) in [6.07, 6.45) is 3.22. The van der Waals surface area contributed by atoms with Gasteiger partial charge < -0.3 is 4.90 Å². The van der Waals surface area contributed by atoms with E-state index in [9.17, 15) is 14.9 Å². The summed E-state index contributed by atoms with van der Waals surface area (Å²) in [4.78, 5) is 26.6. The Labute approximate surface area is 157 Å². The van der Waals surface area contributed by atoms with Crippen LogP contribution in [0.2, 0.25) is 0 Å². The van der Waals surface area contributed by atoms with Crippen molar-refractivity contribution in [3.05, 3.63) is 89.0 Å². The lowest BCUT2D eigenvalue weighted by molar-refractivity contribution is -0.387. The zero-order valence-electron chi connectivity index (χ0n) is 14.6. The Kier molecular flexibility index (Phi) is 6.74. The lowest BCUT2D eigenvalue weighted by Gasteiger charge is -2.19. The highest BCUT2D eigenvalue weighted by molar-refractivity contribution is 7.99. The Bertz CT molecular complexity index is 821. The first kappa shape index (κ1) is 19.5. The van der Waals surface area contributed by atoms with Crippen molar-refractivity contribution >= 4 is 23.4 Å². The van der Waals surface area contributed by atoms with E-state index >= 15 is 0 Å². The number of nitrogens with zero attached hydrogens (tertiary/aromatic N) is 2. The number of rotatable bonds is 8. The summed E-state index contributed by atoms with van der Waals surface area (Å²) in [5.41, 5.74) is 1.31. The second-order valence-electron chi connectivity index (χ2n) is 5.64. The van der Waals surface area contributed by atoms with Gasteiger partial charge in [0.2, 0.25) is 0 Å². The molecule has 0 fully saturated rings. The van der Waals surface area contributed by atoms with Crippen LogP contribution in [0.4, 0.5) is 5.69 Å². The first-order valence-electron chi connectivity index (χ1n) is 8.00. The zero-order chi connectivity index (χ0) is 19.1. The summed E-state index contributed by atoms with van der Waals surface area (Å²) in [5.74, 6) is -0.292. The molecule has 0 atom stereocenters. The van der Waals surface area contributed by atoms with E-state index in [1.165, 1.54) is 22.7 Å². The van der Waals surface area contributed by atoms with Gasteiger partial charge in [-0.1, -0.05) is 41.6 Å². The van der Waals surface area contributed by atoms with Gasteiger partial charge in [-0.05, 0) is 31.2 Å². The molecule has 1 amide bonds. The fourth-order valence-corrected chi connectivity index (χ4v) is 3.25. The first-order chi connectivity index (χ1) is 12.5. The van der Waals surface area contributed by atoms with E-state index in [1.807, 2.05) is 31.2 Å². The van der Waals surface area contributed by atoms with Gasteiger partial charge in [-0.15, -0.1) is 13.2 Å². The molecular formula is C20H20N2O3S. The van der Waals surface area contributed by atoms with E-state index in [-0.39, 0.29) is 17.2 Å². The normalized spacial score (nSPS) is 10.2. The molecule has 2 aromatic carbocycles. The summed E-state index contributed by atoms with van der Waals surface area (Å²) in [5, 5.41) is 11.5. The number of carbonyl (C=O) groups excluding carboxylic acids is 1. The fourth-order valence-electron chi connectivity index (χ4n) is 2.35. The third-order valence-corrected chi connectivity index (χ3v) is 4.71. The Balaban J connectivity index is 2.34. The smallest absolute Gasteiger partial charge is 0.284 e. The average molecular weight is 368 g/mol. The van der Waals surface area contributed by atoms with Crippen LogP contribution in [0.3, 0.4) is 0 Å². The van der Waals surface area contributed by atoms with Crippen molar-refractivity contribution in [2.24, 2.45) is 0 Å². The number of nitro groups is 1. The summed E-state index contributed by atoms with van der Waals surface area (Å²) in [6, 6.07) is 12.3. The standard InChI is InChI=1S/C20H20N2O3S/c1-4-12-21(13-5-2)20(23)16-8-11-19(18(14-16)22(24)25)26-17-9-6-15(3)7-10-17/h4-11,14H,1-2,12-13H2,3H3. The lowest BCUT2D eigenvalue weighted by Crippen LogP contribution is -2.31. The minimum Gasteiger partial charge on any atom is -0.331 e. The van der Waals surface area contributed by atoms with Crippen LogP contribution in [0.15, 0.2) is 77.6 Å². The van der Waals surface area contributed by atoms with Crippen molar-refractivity contribution in [2.75, 3.05) is 13.1 Å². The highest BCUT2D eigenvalue weighted by Gasteiger charge is 2.21. The molecular weight excluding hydrogens is 348 g/mol. The second-order valence-corrected chi connectivity index (χ2v) is 6.76. The molecule has 2 aromatic rings. The fraction of sp³-hybridized carbons (Fsp3) is 0.150. The molecule has 0 radical (unpaired) electrons. The third-order valence-electron chi connectivity index (χ3n) is 3.64.